The summed E-state index contributed by atoms with van der Waals surface area (Å²) in [5.74, 6) is 1.72. The summed E-state index contributed by atoms with van der Waals surface area (Å²) in [6, 6.07) is 15.5. The van der Waals surface area contributed by atoms with Gasteiger partial charge in [0.2, 0.25) is 0 Å². The van der Waals surface area contributed by atoms with Gasteiger partial charge in [0, 0.05) is 24.7 Å². The molecule has 1 aliphatic heterocycles. The van der Waals surface area contributed by atoms with Crippen molar-refractivity contribution in [3.63, 3.8) is 0 Å². The Balaban J connectivity index is 1.62. The van der Waals surface area contributed by atoms with Gasteiger partial charge in [-0.25, -0.2) is 4.98 Å². The fraction of sp³-hybridized carbons (Fsp3) is 0.400. The van der Waals surface area contributed by atoms with Crippen molar-refractivity contribution < 1.29 is 9.84 Å². The Morgan fingerprint density at radius 2 is 2.08 bits per heavy atom. The van der Waals surface area contributed by atoms with Crippen molar-refractivity contribution >= 4 is 5.82 Å². The second-order valence-electron chi connectivity index (χ2n) is 6.61. The zero-order valence-electron chi connectivity index (χ0n) is 14.3. The molecule has 2 heterocycles. The van der Waals surface area contributed by atoms with Gasteiger partial charge < -0.3 is 14.7 Å². The first-order valence-electron chi connectivity index (χ1n) is 8.64. The third-order valence-corrected chi connectivity index (χ3v) is 4.84. The molecule has 0 aliphatic carbocycles. The molecule has 0 saturated carbocycles. The molecule has 1 aromatic carbocycles. The van der Waals surface area contributed by atoms with Crippen molar-refractivity contribution in [1.82, 2.24) is 4.98 Å². The van der Waals surface area contributed by atoms with Gasteiger partial charge in [0.05, 0.1) is 18.8 Å². The Hall–Kier alpha value is -2.58. The molecule has 0 bridgehead atoms. The number of aliphatic hydroxyl groups excluding tert-OH is 1. The lowest BCUT2D eigenvalue weighted by atomic mass is 9.78. The lowest BCUT2D eigenvalue weighted by Gasteiger charge is -2.42. The van der Waals surface area contributed by atoms with E-state index in [1.165, 1.54) is 0 Å². The van der Waals surface area contributed by atoms with Gasteiger partial charge >= 0.3 is 0 Å². The highest BCUT2D eigenvalue weighted by atomic mass is 16.5. The summed E-state index contributed by atoms with van der Waals surface area (Å²) in [7, 11) is 0. The van der Waals surface area contributed by atoms with Gasteiger partial charge in [0.1, 0.15) is 17.6 Å². The summed E-state index contributed by atoms with van der Waals surface area (Å²) in [6.45, 7) is 2.39. The van der Waals surface area contributed by atoms with Crippen LogP contribution in [0.3, 0.4) is 0 Å². The summed E-state index contributed by atoms with van der Waals surface area (Å²) < 4.78 is 5.83. The van der Waals surface area contributed by atoms with Crippen LogP contribution in [-0.4, -0.2) is 36.4 Å². The molecule has 1 fully saturated rings. The minimum Gasteiger partial charge on any atom is -0.494 e. The maximum Gasteiger partial charge on any atom is 0.128 e. The average Bonchev–Trinajstić information content (AvgIpc) is 2.69. The van der Waals surface area contributed by atoms with Crippen molar-refractivity contribution in [2.45, 2.75) is 19.3 Å². The van der Waals surface area contributed by atoms with Crippen molar-refractivity contribution in [3.8, 4) is 11.8 Å². The second kappa shape index (κ2) is 8.00. The van der Waals surface area contributed by atoms with E-state index in [-0.39, 0.29) is 12.0 Å². The summed E-state index contributed by atoms with van der Waals surface area (Å²) in [5, 5.41) is 18.9. The fourth-order valence-corrected chi connectivity index (χ4v) is 3.36. The second-order valence-corrected chi connectivity index (χ2v) is 6.61. The molecule has 0 radical (unpaired) electrons. The van der Waals surface area contributed by atoms with E-state index in [9.17, 15) is 5.11 Å². The molecule has 5 nitrogen and oxygen atoms in total. The van der Waals surface area contributed by atoms with E-state index in [4.69, 9.17) is 10.00 Å². The monoisotopic (exact) mass is 337 g/mol. The Labute approximate surface area is 148 Å². The number of ether oxygens (including phenoxy) is 1. The van der Waals surface area contributed by atoms with Gasteiger partial charge in [-0.15, -0.1) is 0 Å². The number of anilines is 1. The van der Waals surface area contributed by atoms with Gasteiger partial charge in [-0.05, 0) is 43.5 Å². The normalized spacial score (nSPS) is 20.1. The topological polar surface area (TPSA) is 69.4 Å². The van der Waals surface area contributed by atoms with E-state index >= 15 is 0 Å². The number of pyridine rings is 1. The van der Waals surface area contributed by atoms with Gasteiger partial charge in [0.25, 0.3) is 0 Å². The molecule has 130 valence electrons. The van der Waals surface area contributed by atoms with E-state index in [0.717, 1.165) is 43.9 Å². The first-order valence-corrected chi connectivity index (χ1v) is 8.64. The number of rotatable bonds is 6. The van der Waals surface area contributed by atoms with Gasteiger partial charge in [-0.2, -0.15) is 5.26 Å². The first-order chi connectivity index (χ1) is 12.2. The maximum atomic E-state index is 10.0. The quantitative estimate of drug-likeness (QED) is 0.877. The largest absolute Gasteiger partial charge is 0.494 e. The summed E-state index contributed by atoms with van der Waals surface area (Å²) in [6.07, 6.45) is 4.39. The van der Waals surface area contributed by atoms with Crippen LogP contribution in [0, 0.1) is 16.7 Å². The van der Waals surface area contributed by atoms with Crippen molar-refractivity contribution in [1.29, 1.82) is 5.26 Å². The van der Waals surface area contributed by atoms with Gasteiger partial charge in [0.15, 0.2) is 0 Å². The molecule has 0 unspecified atom stereocenters. The van der Waals surface area contributed by atoms with Crippen molar-refractivity contribution in [2.75, 3.05) is 31.2 Å². The Bertz CT molecular complexity index is 712. The van der Waals surface area contributed by atoms with Crippen LogP contribution in [0.15, 0.2) is 48.7 Å². The van der Waals surface area contributed by atoms with Gasteiger partial charge in [-0.1, -0.05) is 18.2 Å². The molecule has 5 heteroatoms. The van der Waals surface area contributed by atoms with Crippen LogP contribution in [0.5, 0.6) is 5.75 Å². The van der Waals surface area contributed by atoms with Gasteiger partial charge in [-0.3, -0.25) is 0 Å². The number of aromatic nitrogens is 1. The number of para-hydroxylation sites is 1. The Kier molecular flexibility index (Phi) is 5.52. The Morgan fingerprint density at radius 3 is 2.76 bits per heavy atom. The molecule has 3 rings (SSSR count). The molecule has 0 amide bonds. The molecule has 1 aliphatic rings. The number of aliphatic hydroxyl groups is 1. The summed E-state index contributed by atoms with van der Waals surface area (Å²) in [4.78, 5) is 6.59. The fourth-order valence-electron chi connectivity index (χ4n) is 3.36. The predicted octanol–water partition coefficient (Wildman–Crippen LogP) is 3.00. The van der Waals surface area contributed by atoms with E-state index < -0.39 is 0 Å². The number of nitriles is 1. The number of hydrogen-bond donors (Lipinski definition) is 1. The lowest BCUT2D eigenvalue weighted by molar-refractivity contribution is 0.0792. The molecule has 2 aromatic rings. The van der Waals surface area contributed by atoms with Crippen LogP contribution >= 0.6 is 0 Å². The SMILES string of the molecule is N#Cc1ccc(N2CCC[C@](CO)(CCOc3ccccc3)C2)nc1. The number of piperidine rings is 1. The van der Waals surface area contributed by atoms with Crippen molar-refractivity contribution in [3.05, 3.63) is 54.2 Å². The molecule has 1 aromatic heterocycles. The molecule has 1 saturated heterocycles. The third kappa shape index (κ3) is 4.28. The molecular formula is C20H23N3O2. The molecule has 0 spiro atoms. The number of hydrogen-bond acceptors (Lipinski definition) is 5. The number of nitrogens with zero attached hydrogens (tertiary/aromatic N) is 3. The average molecular weight is 337 g/mol. The van der Waals surface area contributed by atoms with Crippen LogP contribution in [-0.2, 0) is 0 Å². The zero-order chi connectivity index (χ0) is 17.5. The van der Waals surface area contributed by atoms with Crippen LogP contribution in [0.2, 0.25) is 0 Å². The van der Waals surface area contributed by atoms with E-state index in [1.807, 2.05) is 36.4 Å². The van der Waals surface area contributed by atoms with Crippen LogP contribution in [0.25, 0.3) is 0 Å². The molecule has 1 N–H and O–H groups in total. The van der Waals surface area contributed by atoms with Crippen LogP contribution in [0.1, 0.15) is 24.8 Å². The molecule has 25 heavy (non-hydrogen) atoms. The highest BCUT2D eigenvalue weighted by Gasteiger charge is 2.35. The first kappa shape index (κ1) is 17.2. The van der Waals surface area contributed by atoms with Crippen molar-refractivity contribution in [2.24, 2.45) is 5.41 Å². The Morgan fingerprint density at radius 1 is 1.24 bits per heavy atom. The van der Waals surface area contributed by atoms with Crippen LogP contribution < -0.4 is 9.64 Å². The summed E-state index contributed by atoms with van der Waals surface area (Å²) >= 11 is 0. The number of benzene rings is 1. The van der Waals surface area contributed by atoms with E-state index in [1.54, 1.807) is 12.3 Å². The minimum absolute atomic E-state index is 0.137. The molecular weight excluding hydrogens is 314 g/mol. The lowest BCUT2D eigenvalue weighted by Crippen LogP contribution is -2.46. The highest BCUT2D eigenvalue weighted by molar-refractivity contribution is 5.42. The standard InChI is InChI=1S/C20H23N3O2/c21-13-17-7-8-19(22-14-17)23-11-4-9-20(15-23,16-24)10-12-25-18-5-2-1-3-6-18/h1-3,5-8,14,24H,4,9-12,15-16H2/t20-/m0/s1. The van der Waals surface area contributed by atoms with E-state index in [2.05, 4.69) is 16.0 Å². The summed E-state index contributed by atoms with van der Waals surface area (Å²) in [5.41, 5.74) is 0.383. The maximum absolute atomic E-state index is 10.0. The molecule has 1 atom stereocenters. The highest BCUT2D eigenvalue weighted by Crippen LogP contribution is 2.35. The zero-order valence-corrected chi connectivity index (χ0v) is 14.3. The van der Waals surface area contributed by atoms with E-state index in [0.29, 0.717) is 12.2 Å². The minimum atomic E-state index is -0.178. The van der Waals surface area contributed by atoms with Crippen LogP contribution in [0.4, 0.5) is 5.82 Å². The smallest absolute Gasteiger partial charge is 0.128 e. The predicted molar refractivity (Wildman–Crippen MR) is 96.5 cm³/mol. The third-order valence-electron chi connectivity index (χ3n) is 4.84.